The molecular formula is C24H24BrNO5. The van der Waals surface area contributed by atoms with Crippen molar-refractivity contribution in [3.05, 3.63) is 81.8 Å². The molecule has 3 aromatic carbocycles. The molecule has 0 spiro atoms. The maximum Gasteiger partial charge on any atom is 0.231 e. The maximum absolute atomic E-state index is 10.3. The van der Waals surface area contributed by atoms with Crippen molar-refractivity contribution in [3.8, 4) is 23.0 Å². The van der Waals surface area contributed by atoms with E-state index < -0.39 is 6.10 Å². The van der Waals surface area contributed by atoms with Gasteiger partial charge in [0.15, 0.2) is 23.0 Å². The Morgan fingerprint density at radius 2 is 1.84 bits per heavy atom. The van der Waals surface area contributed by atoms with Gasteiger partial charge in [-0.15, -0.1) is 0 Å². The van der Waals surface area contributed by atoms with E-state index in [1.54, 1.807) is 7.11 Å². The van der Waals surface area contributed by atoms with Crippen molar-refractivity contribution in [2.75, 3.05) is 20.4 Å². The predicted molar refractivity (Wildman–Crippen MR) is 121 cm³/mol. The molecule has 2 N–H and O–H groups in total. The number of benzene rings is 3. The first-order valence-electron chi connectivity index (χ1n) is 9.95. The summed E-state index contributed by atoms with van der Waals surface area (Å²) in [7, 11) is 1.62. The minimum absolute atomic E-state index is 0.247. The Morgan fingerprint density at radius 3 is 2.65 bits per heavy atom. The quantitative estimate of drug-likeness (QED) is 0.461. The van der Waals surface area contributed by atoms with Gasteiger partial charge in [0.2, 0.25) is 6.79 Å². The first-order valence-corrected chi connectivity index (χ1v) is 10.7. The van der Waals surface area contributed by atoms with Gasteiger partial charge in [-0.05, 0) is 56.9 Å². The fourth-order valence-electron chi connectivity index (χ4n) is 3.35. The summed E-state index contributed by atoms with van der Waals surface area (Å²) >= 11 is 3.59. The van der Waals surface area contributed by atoms with Crippen LogP contribution < -0.4 is 24.3 Å². The lowest BCUT2D eigenvalue weighted by molar-refractivity contribution is 0.173. The molecule has 7 heteroatoms. The summed E-state index contributed by atoms with van der Waals surface area (Å²) in [4.78, 5) is 0. The molecule has 0 radical (unpaired) electrons. The number of fused-ring (bicyclic) bond motifs is 1. The fourth-order valence-corrected chi connectivity index (χ4v) is 3.95. The number of ether oxygens (including phenoxy) is 4. The summed E-state index contributed by atoms with van der Waals surface area (Å²) in [6, 6.07) is 19.3. The van der Waals surface area contributed by atoms with E-state index in [1.165, 1.54) is 0 Å². The smallest absolute Gasteiger partial charge is 0.231 e. The summed E-state index contributed by atoms with van der Waals surface area (Å²) in [6.45, 7) is 1.65. The van der Waals surface area contributed by atoms with Gasteiger partial charge in [-0.3, -0.25) is 0 Å². The number of halogens is 1. The zero-order valence-electron chi connectivity index (χ0n) is 17.1. The second kappa shape index (κ2) is 10.0. The van der Waals surface area contributed by atoms with Gasteiger partial charge in [-0.25, -0.2) is 0 Å². The molecule has 1 unspecified atom stereocenters. The first-order chi connectivity index (χ1) is 15.1. The van der Waals surface area contributed by atoms with Crippen molar-refractivity contribution in [1.82, 2.24) is 5.32 Å². The predicted octanol–water partition coefficient (Wildman–Crippen LogP) is 4.59. The summed E-state index contributed by atoms with van der Waals surface area (Å²) < 4.78 is 23.1. The Kier molecular flexibility index (Phi) is 6.96. The Balaban J connectivity index is 1.37. The molecule has 1 aliphatic heterocycles. The summed E-state index contributed by atoms with van der Waals surface area (Å²) in [5.41, 5.74) is 2.87. The van der Waals surface area contributed by atoms with Crippen LogP contribution in [0.3, 0.4) is 0 Å². The lowest BCUT2D eigenvalue weighted by Crippen LogP contribution is -2.21. The van der Waals surface area contributed by atoms with E-state index in [2.05, 4.69) is 21.2 Å². The zero-order chi connectivity index (χ0) is 21.6. The number of nitrogens with one attached hydrogen (secondary N) is 1. The fraction of sp³-hybridized carbons (Fsp3) is 0.250. The van der Waals surface area contributed by atoms with Gasteiger partial charge in [0.05, 0.1) is 17.7 Å². The summed E-state index contributed by atoms with van der Waals surface area (Å²) in [5.74, 6) is 2.74. The minimum Gasteiger partial charge on any atom is -0.493 e. The minimum atomic E-state index is -0.559. The number of aliphatic hydroxyl groups is 1. The Morgan fingerprint density at radius 1 is 1.03 bits per heavy atom. The van der Waals surface area contributed by atoms with Gasteiger partial charge in [0.25, 0.3) is 0 Å². The molecule has 3 aromatic rings. The van der Waals surface area contributed by atoms with Crippen LogP contribution in [-0.4, -0.2) is 25.6 Å². The number of hydrogen-bond donors (Lipinski definition) is 2. The van der Waals surface area contributed by atoms with Crippen molar-refractivity contribution in [3.63, 3.8) is 0 Å². The first kappa shape index (κ1) is 21.5. The van der Waals surface area contributed by atoms with Crippen LogP contribution in [0.2, 0.25) is 0 Å². The highest BCUT2D eigenvalue weighted by Crippen LogP contribution is 2.38. The van der Waals surface area contributed by atoms with Crippen LogP contribution in [0.1, 0.15) is 22.8 Å². The van der Waals surface area contributed by atoms with E-state index in [1.807, 2.05) is 60.7 Å². The van der Waals surface area contributed by atoms with E-state index in [-0.39, 0.29) is 6.79 Å². The Bertz CT molecular complexity index is 1030. The van der Waals surface area contributed by atoms with E-state index in [9.17, 15) is 5.11 Å². The van der Waals surface area contributed by atoms with Crippen LogP contribution in [0.25, 0.3) is 0 Å². The third-order valence-corrected chi connectivity index (χ3v) is 5.55. The second-order valence-corrected chi connectivity index (χ2v) is 8.00. The van der Waals surface area contributed by atoms with Gasteiger partial charge in [-0.2, -0.15) is 0 Å². The number of aliphatic hydroxyl groups excluding tert-OH is 1. The third-order valence-electron chi connectivity index (χ3n) is 4.96. The van der Waals surface area contributed by atoms with Crippen molar-refractivity contribution in [1.29, 1.82) is 0 Å². The van der Waals surface area contributed by atoms with Crippen molar-refractivity contribution in [2.24, 2.45) is 0 Å². The topological polar surface area (TPSA) is 69.2 Å². The van der Waals surface area contributed by atoms with Gasteiger partial charge in [0, 0.05) is 13.1 Å². The van der Waals surface area contributed by atoms with Gasteiger partial charge < -0.3 is 29.4 Å². The highest BCUT2D eigenvalue weighted by atomic mass is 79.9. The number of hydrogen-bond acceptors (Lipinski definition) is 6. The average molecular weight is 486 g/mol. The molecule has 0 saturated heterocycles. The van der Waals surface area contributed by atoms with Crippen LogP contribution in [0.15, 0.2) is 65.1 Å². The van der Waals surface area contributed by atoms with E-state index in [0.717, 1.165) is 32.7 Å². The highest BCUT2D eigenvalue weighted by Gasteiger charge is 2.16. The highest BCUT2D eigenvalue weighted by molar-refractivity contribution is 9.10. The van der Waals surface area contributed by atoms with Crippen LogP contribution >= 0.6 is 15.9 Å². The monoisotopic (exact) mass is 485 g/mol. The molecule has 162 valence electrons. The molecule has 1 aliphatic rings. The molecule has 31 heavy (non-hydrogen) atoms. The van der Waals surface area contributed by atoms with Gasteiger partial charge in [0.1, 0.15) is 6.61 Å². The molecule has 4 rings (SSSR count). The molecule has 0 fully saturated rings. The largest absolute Gasteiger partial charge is 0.493 e. The summed E-state index contributed by atoms with van der Waals surface area (Å²) in [6.07, 6.45) is -0.559. The van der Waals surface area contributed by atoms with Crippen molar-refractivity contribution >= 4 is 15.9 Å². The average Bonchev–Trinajstić information content (AvgIpc) is 3.26. The lowest BCUT2D eigenvalue weighted by atomic mass is 10.1. The van der Waals surface area contributed by atoms with Gasteiger partial charge in [-0.1, -0.05) is 36.4 Å². The number of methoxy groups -OCH3 is 1. The molecule has 0 saturated carbocycles. The van der Waals surface area contributed by atoms with Crippen LogP contribution in [0.4, 0.5) is 0 Å². The Labute approximate surface area is 189 Å². The molecule has 6 nitrogen and oxygen atoms in total. The normalized spacial score (nSPS) is 13.1. The zero-order valence-corrected chi connectivity index (χ0v) is 18.7. The van der Waals surface area contributed by atoms with E-state index in [4.69, 9.17) is 18.9 Å². The molecule has 1 heterocycles. The molecule has 1 atom stereocenters. The summed E-state index contributed by atoms with van der Waals surface area (Å²) in [5, 5.41) is 13.6. The van der Waals surface area contributed by atoms with Crippen molar-refractivity contribution < 1.29 is 24.1 Å². The second-order valence-electron chi connectivity index (χ2n) is 7.14. The van der Waals surface area contributed by atoms with Crippen LogP contribution in [0, 0.1) is 0 Å². The maximum atomic E-state index is 10.3. The van der Waals surface area contributed by atoms with Crippen molar-refractivity contribution in [2.45, 2.75) is 19.3 Å². The van der Waals surface area contributed by atoms with E-state index >= 15 is 0 Å². The Hall–Kier alpha value is -2.74. The SMILES string of the molecule is COc1cc(CNCC(O)c2ccccc2)cc(Br)c1OCc1ccc2c(c1)OCO2. The standard InChI is InChI=1S/C24H24BrNO5/c1-28-23-11-17(12-26-13-20(27)18-5-3-2-4-6-18)9-19(25)24(23)29-14-16-7-8-21-22(10-16)31-15-30-21/h2-11,20,26-27H,12-15H2,1H3. The molecular weight excluding hydrogens is 462 g/mol. The van der Waals surface area contributed by atoms with Crippen LogP contribution in [-0.2, 0) is 13.2 Å². The van der Waals surface area contributed by atoms with Crippen LogP contribution in [0.5, 0.6) is 23.0 Å². The number of rotatable bonds is 9. The van der Waals surface area contributed by atoms with E-state index in [0.29, 0.717) is 31.2 Å². The molecule has 0 amide bonds. The van der Waals surface area contributed by atoms with Gasteiger partial charge >= 0.3 is 0 Å². The lowest BCUT2D eigenvalue weighted by Gasteiger charge is -2.16. The molecule has 0 aromatic heterocycles. The molecule has 0 bridgehead atoms. The third kappa shape index (κ3) is 5.31. The molecule has 0 aliphatic carbocycles.